The van der Waals surface area contributed by atoms with Crippen molar-refractivity contribution in [3.8, 4) is 5.75 Å². The molecule has 27 heavy (non-hydrogen) atoms. The Morgan fingerprint density at radius 3 is 2.78 bits per heavy atom. The molecule has 6 nitrogen and oxygen atoms in total. The van der Waals surface area contributed by atoms with Crippen LogP contribution in [0.4, 0.5) is 0 Å². The van der Waals surface area contributed by atoms with Crippen LogP contribution < -0.4 is 4.74 Å². The number of methoxy groups -OCH3 is 1. The summed E-state index contributed by atoms with van der Waals surface area (Å²) in [6.07, 6.45) is 4.26. The quantitative estimate of drug-likeness (QED) is 0.568. The second kappa shape index (κ2) is 6.68. The molecule has 0 unspecified atom stereocenters. The molecule has 3 heterocycles. The summed E-state index contributed by atoms with van der Waals surface area (Å²) in [4.78, 5) is 27.7. The summed E-state index contributed by atoms with van der Waals surface area (Å²) < 4.78 is 16.7. The normalized spacial score (nSPS) is 31.9. The van der Waals surface area contributed by atoms with Crippen LogP contribution in [0, 0.1) is 11.8 Å². The Hall–Kier alpha value is -2.34. The van der Waals surface area contributed by atoms with Crippen molar-refractivity contribution in [2.75, 3.05) is 20.3 Å². The molecule has 6 heteroatoms. The number of likely N-dealkylation sites (tertiary alicyclic amines) is 1. The molecule has 0 aliphatic carbocycles. The van der Waals surface area contributed by atoms with Crippen molar-refractivity contribution in [1.29, 1.82) is 0 Å². The molecule has 0 saturated carbocycles. The molecule has 0 aromatic heterocycles. The number of amides is 1. The van der Waals surface area contributed by atoms with Gasteiger partial charge in [0.15, 0.2) is 0 Å². The lowest BCUT2D eigenvalue weighted by molar-refractivity contribution is -0.154. The molecule has 3 aliphatic heterocycles. The number of fused-ring (bicyclic) bond motifs is 1. The molecular weight excluding hydrogens is 346 g/mol. The lowest BCUT2D eigenvalue weighted by Crippen LogP contribution is -2.40. The van der Waals surface area contributed by atoms with E-state index in [-0.39, 0.29) is 24.0 Å². The first-order valence-corrected chi connectivity index (χ1v) is 9.49. The smallest absolute Gasteiger partial charge is 0.312 e. The van der Waals surface area contributed by atoms with Gasteiger partial charge in [0, 0.05) is 0 Å². The zero-order chi connectivity index (χ0) is 19.2. The third-order valence-corrected chi connectivity index (χ3v) is 5.92. The highest BCUT2D eigenvalue weighted by atomic mass is 16.6. The van der Waals surface area contributed by atoms with E-state index in [4.69, 9.17) is 14.2 Å². The van der Waals surface area contributed by atoms with Gasteiger partial charge in [-0.3, -0.25) is 9.59 Å². The van der Waals surface area contributed by atoms with Crippen LogP contribution in [0.25, 0.3) is 0 Å². The van der Waals surface area contributed by atoms with E-state index in [9.17, 15) is 9.59 Å². The highest BCUT2D eigenvalue weighted by molar-refractivity contribution is 5.91. The third kappa shape index (κ3) is 2.74. The second-order valence-electron chi connectivity index (χ2n) is 7.48. The van der Waals surface area contributed by atoms with Crippen LogP contribution in [-0.2, 0) is 19.1 Å². The van der Waals surface area contributed by atoms with Crippen molar-refractivity contribution >= 4 is 11.9 Å². The van der Waals surface area contributed by atoms with Crippen LogP contribution in [0.3, 0.4) is 0 Å². The Morgan fingerprint density at radius 2 is 2.11 bits per heavy atom. The number of hydrogen-bond donors (Lipinski definition) is 0. The van der Waals surface area contributed by atoms with Crippen LogP contribution in [-0.4, -0.2) is 48.7 Å². The van der Waals surface area contributed by atoms with Gasteiger partial charge in [0.05, 0.1) is 38.3 Å². The SMILES string of the molecule is CCCOC(=O)[C@H]1[C@H]2C=C[C@@]3(CN([C@H](C)c4ccc(OC)cc4)C(=O)[C@@H]13)O2. The molecule has 3 aliphatic rings. The monoisotopic (exact) mass is 371 g/mol. The number of carbonyl (C=O) groups excluding carboxylic acids is 2. The molecule has 1 spiro atoms. The third-order valence-electron chi connectivity index (χ3n) is 5.92. The Morgan fingerprint density at radius 1 is 1.37 bits per heavy atom. The van der Waals surface area contributed by atoms with Gasteiger partial charge in [-0.25, -0.2) is 0 Å². The molecule has 2 bridgehead atoms. The minimum atomic E-state index is -0.710. The number of rotatable bonds is 6. The summed E-state index contributed by atoms with van der Waals surface area (Å²) in [5.74, 6) is -0.647. The average molecular weight is 371 g/mol. The van der Waals surface area contributed by atoms with Gasteiger partial charge in [0.2, 0.25) is 5.91 Å². The van der Waals surface area contributed by atoms with E-state index in [1.807, 2.05) is 55.2 Å². The minimum Gasteiger partial charge on any atom is -0.497 e. The van der Waals surface area contributed by atoms with Crippen molar-refractivity contribution in [1.82, 2.24) is 4.90 Å². The first-order chi connectivity index (χ1) is 13.0. The molecular formula is C21H25NO5. The first-order valence-electron chi connectivity index (χ1n) is 9.49. The molecule has 0 N–H and O–H groups in total. The van der Waals surface area contributed by atoms with Crippen LogP contribution in [0.5, 0.6) is 5.75 Å². The van der Waals surface area contributed by atoms with E-state index < -0.39 is 17.4 Å². The number of ether oxygens (including phenoxy) is 3. The standard InChI is InChI=1S/C21H25NO5/c1-4-11-26-20(24)17-16-9-10-21(27-16)12-22(19(23)18(17)21)13(2)14-5-7-15(25-3)8-6-14/h5-10,13,16-18H,4,11-12H2,1-3H3/t13-,16-,17+,18-,21+/m1/s1. The highest BCUT2D eigenvalue weighted by Crippen LogP contribution is 2.53. The topological polar surface area (TPSA) is 65.1 Å². The van der Waals surface area contributed by atoms with Gasteiger partial charge < -0.3 is 19.1 Å². The van der Waals surface area contributed by atoms with Crippen molar-refractivity contribution < 1.29 is 23.8 Å². The number of esters is 1. The minimum absolute atomic E-state index is 0.0383. The van der Waals surface area contributed by atoms with Gasteiger partial charge in [-0.2, -0.15) is 0 Å². The molecule has 4 rings (SSSR count). The highest BCUT2D eigenvalue weighted by Gasteiger charge is 2.67. The van der Waals surface area contributed by atoms with E-state index in [2.05, 4.69) is 0 Å². The summed E-state index contributed by atoms with van der Waals surface area (Å²) in [5.41, 5.74) is 0.308. The van der Waals surface area contributed by atoms with Crippen molar-refractivity contribution in [3.05, 3.63) is 42.0 Å². The fourth-order valence-corrected chi connectivity index (χ4v) is 4.49. The molecule has 2 saturated heterocycles. The summed E-state index contributed by atoms with van der Waals surface area (Å²) in [6, 6.07) is 7.58. The van der Waals surface area contributed by atoms with Gasteiger partial charge in [-0.15, -0.1) is 0 Å². The van der Waals surface area contributed by atoms with Gasteiger partial charge in [0.1, 0.15) is 17.3 Å². The zero-order valence-electron chi connectivity index (χ0n) is 15.9. The lowest BCUT2D eigenvalue weighted by atomic mass is 9.77. The van der Waals surface area contributed by atoms with Crippen molar-refractivity contribution in [2.24, 2.45) is 11.8 Å². The van der Waals surface area contributed by atoms with E-state index in [0.717, 1.165) is 17.7 Å². The maximum absolute atomic E-state index is 13.3. The Bertz CT molecular complexity index is 773. The summed E-state index contributed by atoms with van der Waals surface area (Å²) in [5, 5.41) is 0. The van der Waals surface area contributed by atoms with Gasteiger partial charge in [0.25, 0.3) is 0 Å². The predicted molar refractivity (Wildman–Crippen MR) is 98.1 cm³/mol. The van der Waals surface area contributed by atoms with Crippen molar-refractivity contribution in [3.63, 3.8) is 0 Å². The fourth-order valence-electron chi connectivity index (χ4n) is 4.49. The second-order valence-corrected chi connectivity index (χ2v) is 7.48. The lowest BCUT2D eigenvalue weighted by Gasteiger charge is -2.27. The molecule has 2 fully saturated rings. The molecule has 144 valence electrons. The molecule has 1 amide bonds. The largest absolute Gasteiger partial charge is 0.497 e. The zero-order valence-corrected chi connectivity index (χ0v) is 15.9. The summed E-state index contributed by atoms with van der Waals surface area (Å²) in [7, 11) is 1.63. The molecule has 5 atom stereocenters. The van der Waals surface area contributed by atoms with Gasteiger partial charge in [-0.1, -0.05) is 31.2 Å². The van der Waals surface area contributed by atoms with Gasteiger partial charge >= 0.3 is 5.97 Å². The predicted octanol–water partition coefficient (Wildman–Crippen LogP) is 2.49. The Kier molecular flexibility index (Phi) is 4.46. The number of carbonyl (C=O) groups is 2. The van der Waals surface area contributed by atoms with Crippen LogP contribution in [0.1, 0.15) is 31.9 Å². The van der Waals surface area contributed by atoms with E-state index in [1.54, 1.807) is 7.11 Å². The number of nitrogens with zero attached hydrogens (tertiary/aromatic N) is 1. The Labute approximate surface area is 159 Å². The van der Waals surface area contributed by atoms with E-state index >= 15 is 0 Å². The average Bonchev–Trinajstić information content (AvgIpc) is 3.34. The number of benzene rings is 1. The molecule has 1 aromatic carbocycles. The van der Waals surface area contributed by atoms with Crippen LogP contribution in [0.15, 0.2) is 36.4 Å². The van der Waals surface area contributed by atoms with Crippen molar-refractivity contribution in [2.45, 2.75) is 38.0 Å². The first kappa shape index (κ1) is 18.0. The van der Waals surface area contributed by atoms with Crippen LogP contribution >= 0.6 is 0 Å². The summed E-state index contributed by atoms with van der Waals surface area (Å²) >= 11 is 0. The maximum atomic E-state index is 13.3. The molecule has 0 radical (unpaired) electrons. The van der Waals surface area contributed by atoms with E-state index in [1.165, 1.54) is 0 Å². The molecule has 1 aromatic rings. The maximum Gasteiger partial charge on any atom is 0.312 e. The van der Waals surface area contributed by atoms with Crippen LogP contribution in [0.2, 0.25) is 0 Å². The van der Waals surface area contributed by atoms with E-state index in [0.29, 0.717) is 13.2 Å². The Balaban J connectivity index is 1.57. The summed E-state index contributed by atoms with van der Waals surface area (Å²) in [6.45, 7) is 4.77. The number of hydrogen-bond acceptors (Lipinski definition) is 5. The fraction of sp³-hybridized carbons (Fsp3) is 0.524. The van der Waals surface area contributed by atoms with Gasteiger partial charge in [-0.05, 0) is 31.0 Å².